The lowest BCUT2D eigenvalue weighted by atomic mass is 9.56. The van der Waals surface area contributed by atoms with Gasteiger partial charge in [0.2, 0.25) is 0 Å². The van der Waals surface area contributed by atoms with Gasteiger partial charge in [-0.2, -0.15) is 12.6 Å². The lowest BCUT2D eigenvalue weighted by Crippen LogP contribution is -2.53. The van der Waals surface area contributed by atoms with E-state index in [1.807, 2.05) is 0 Å². The highest BCUT2D eigenvalue weighted by atomic mass is 79.9. The molecular weight excluding hydrogens is 232 g/mol. The molecule has 0 aliphatic heterocycles. The van der Waals surface area contributed by atoms with Gasteiger partial charge in [0.1, 0.15) is 0 Å². The lowest BCUT2D eigenvalue weighted by molar-refractivity contribution is 0.0616. The van der Waals surface area contributed by atoms with E-state index in [0.717, 1.165) is 11.8 Å². The van der Waals surface area contributed by atoms with Gasteiger partial charge in [0.15, 0.2) is 0 Å². The maximum Gasteiger partial charge on any atom is 0.0276 e. The van der Waals surface area contributed by atoms with E-state index in [2.05, 4.69) is 15.9 Å². The van der Waals surface area contributed by atoms with Crippen LogP contribution in [0.2, 0.25) is 0 Å². The third kappa shape index (κ3) is 1.10. The Kier molecular flexibility index (Phi) is 1.53. The predicted octanol–water partition coefficient (Wildman–Crippen LogP) is 3.40. The molecule has 0 saturated heterocycles. The topological polar surface area (TPSA) is 0 Å². The van der Waals surface area contributed by atoms with Crippen molar-refractivity contribution in [3.05, 3.63) is 0 Å². The molecule has 0 aromatic rings. The molecule has 12 heavy (non-hydrogen) atoms. The zero-order valence-corrected chi connectivity index (χ0v) is 9.70. The minimum atomic E-state index is 0.410. The second kappa shape index (κ2) is 2.25. The molecule has 0 radical (unpaired) electrons. The van der Waals surface area contributed by atoms with Crippen LogP contribution in [0.4, 0.5) is 0 Å². The molecule has 4 rings (SSSR count). The molecule has 4 saturated carbocycles. The summed E-state index contributed by atoms with van der Waals surface area (Å²) in [7, 11) is 0. The highest BCUT2D eigenvalue weighted by Crippen LogP contribution is 2.62. The maximum absolute atomic E-state index is 4.87. The molecule has 0 heterocycles. The fraction of sp³-hybridized carbons (Fsp3) is 1.00. The van der Waals surface area contributed by atoms with E-state index in [4.69, 9.17) is 12.6 Å². The summed E-state index contributed by atoms with van der Waals surface area (Å²) in [6, 6.07) is 0. The number of hydrogen-bond acceptors (Lipinski definition) is 1. The molecule has 4 bridgehead atoms. The first-order chi connectivity index (χ1) is 5.57. The number of thiol groups is 1. The molecule has 2 heteroatoms. The molecule has 68 valence electrons. The minimum Gasteiger partial charge on any atom is -0.172 e. The number of halogens is 1. The summed E-state index contributed by atoms with van der Waals surface area (Å²) >= 11 is 8.82. The van der Waals surface area contributed by atoms with Gasteiger partial charge in [-0.25, -0.2) is 0 Å². The Morgan fingerprint density at radius 2 is 1.67 bits per heavy atom. The average Bonchev–Trinajstić information content (AvgIpc) is 1.75. The van der Waals surface area contributed by atoms with Crippen LogP contribution < -0.4 is 0 Å². The molecule has 0 spiro atoms. The highest BCUT2D eigenvalue weighted by Gasteiger charge is 2.55. The molecule has 2 atom stereocenters. The molecule has 0 aromatic heterocycles. The Hall–Kier alpha value is 0.830. The zero-order valence-electron chi connectivity index (χ0n) is 7.22. The first kappa shape index (κ1) is 8.16. The summed E-state index contributed by atoms with van der Waals surface area (Å²) in [6.07, 6.45) is 8.43. The Balaban J connectivity index is 1.98. The number of hydrogen-bond donors (Lipinski definition) is 1. The molecular formula is C10H15BrS. The van der Waals surface area contributed by atoms with Crippen LogP contribution in [-0.2, 0) is 0 Å². The summed E-state index contributed by atoms with van der Waals surface area (Å²) < 4.78 is 0.909. The van der Waals surface area contributed by atoms with Gasteiger partial charge in [0.05, 0.1) is 0 Å². The molecule has 0 N–H and O–H groups in total. The monoisotopic (exact) mass is 246 g/mol. The van der Waals surface area contributed by atoms with Gasteiger partial charge in [0.25, 0.3) is 0 Å². The minimum absolute atomic E-state index is 0.410. The highest BCUT2D eigenvalue weighted by molar-refractivity contribution is 9.10. The fourth-order valence-corrected chi connectivity index (χ4v) is 6.59. The first-order valence-electron chi connectivity index (χ1n) is 4.98. The molecule has 0 amide bonds. The quantitative estimate of drug-likeness (QED) is 0.492. The number of rotatable bonds is 0. The van der Waals surface area contributed by atoms with Gasteiger partial charge in [-0.1, -0.05) is 15.9 Å². The summed E-state index contributed by atoms with van der Waals surface area (Å²) in [5.74, 6) is 1.98. The molecule has 0 nitrogen and oxygen atoms in total. The van der Waals surface area contributed by atoms with E-state index in [-0.39, 0.29) is 0 Å². The average molecular weight is 247 g/mol. The molecule has 4 aliphatic rings. The third-order valence-electron chi connectivity index (χ3n) is 3.96. The van der Waals surface area contributed by atoms with Crippen LogP contribution in [0, 0.1) is 11.8 Å². The third-order valence-corrected chi connectivity index (χ3v) is 5.41. The van der Waals surface area contributed by atoms with Crippen molar-refractivity contribution < 1.29 is 0 Å². The number of alkyl halides is 1. The van der Waals surface area contributed by atoms with Crippen molar-refractivity contribution in [1.29, 1.82) is 0 Å². The van der Waals surface area contributed by atoms with Gasteiger partial charge in [-0.05, 0) is 50.4 Å². The van der Waals surface area contributed by atoms with E-state index in [1.54, 1.807) is 0 Å². The Labute approximate surface area is 88.0 Å². The van der Waals surface area contributed by atoms with Crippen molar-refractivity contribution >= 4 is 28.6 Å². The molecule has 2 unspecified atom stereocenters. The van der Waals surface area contributed by atoms with Gasteiger partial charge >= 0.3 is 0 Å². The van der Waals surface area contributed by atoms with E-state index in [1.165, 1.54) is 38.5 Å². The van der Waals surface area contributed by atoms with Gasteiger partial charge < -0.3 is 0 Å². The second-order valence-corrected chi connectivity index (χ2v) is 7.97. The molecule has 4 aliphatic carbocycles. The van der Waals surface area contributed by atoms with E-state index in [9.17, 15) is 0 Å². The Morgan fingerprint density at radius 1 is 1.08 bits per heavy atom. The first-order valence-corrected chi connectivity index (χ1v) is 6.22. The van der Waals surface area contributed by atoms with E-state index in [0.29, 0.717) is 9.07 Å². The van der Waals surface area contributed by atoms with Crippen LogP contribution in [0.3, 0.4) is 0 Å². The van der Waals surface area contributed by atoms with Crippen LogP contribution in [0.1, 0.15) is 38.5 Å². The van der Waals surface area contributed by atoms with Crippen LogP contribution >= 0.6 is 28.6 Å². The predicted molar refractivity (Wildman–Crippen MR) is 58.1 cm³/mol. The fourth-order valence-electron chi connectivity index (χ4n) is 4.10. The van der Waals surface area contributed by atoms with Gasteiger partial charge in [0, 0.05) is 9.07 Å². The SMILES string of the molecule is SC12CC3CC(C1)CC(Br)(C3)C2. The normalized spacial score (nSPS) is 62.5. The van der Waals surface area contributed by atoms with Crippen molar-refractivity contribution in [2.24, 2.45) is 11.8 Å². The smallest absolute Gasteiger partial charge is 0.0276 e. The van der Waals surface area contributed by atoms with Crippen LogP contribution in [0.15, 0.2) is 0 Å². The Bertz CT molecular complexity index is 192. The summed E-state index contributed by atoms with van der Waals surface area (Å²) in [6.45, 7) is 0. The van der Waals surface area contributed by atoms with Crippen molar-refractivity contribution in [2.45, 2.75) is 47.6 Å². The summed E-state index contributed by atoms with van der Waals surface area (Å²) in [5, 5.41) is 0. The van der Waals surface area contributed by atoms with Crippen molar-refractivity contribution in [3.63, 3.8) is 0 Å². The van der Waals surface area contributed by atoms with E-state index < -0.39 is 0 Å². The van der Waals surface area contributed by atoms with Crippen molar-refractivity contribution in [1.82, 2.24) is 0 Å². The largest absolute Gasteiger partial charge is 0.172 e. The van der Waals surface area contributed by atoms with Crippen LogP contribution in [0.25, 0.3) is 0 Å². The standard InChI is InChI=1S/C10H15BrS/c11-9-2-7-1-8(3-9)5-10(12,4-7)6-9/h7-8,12H,1-6H2. The Morgan fingerprint density at radius 3 is 2.08 bits per heavy atom. The lowest BCUT2D eigenvalue weighted by Gasteiger charge is -2.58. The van der Waals surface area contributed by atoms with Crippen LogP contribution in [0.5, 0.6) is 0 Å². The molecule has 0 aromatic carbocycles. The molecule has 4 fully saturated rings. The zero-order chi connectivity index (χ0) is 8.40. The van der Waals surface area contributed by atoms with Crippen molar-refractivity contribution in [2.75, 3.05) is 0 Å². The van der Waals surface area contributed by atoms with Crippen LogP contribution in [-0.4, -0.2) is 9.07 Å². The van der Waals surface area contributed by atoms with Gasteiger partial charge in [-0.15, -0.1) is 0 Å². The summed E-state index contributed by atoms with van der Waals surface area (Å²) in [5.41, 5.74) is 0. The van der Waals surface area contributed by atoms with E-state index >= 15 is 0 Å². The summed E-state index contributed by atoms with van der Waals surface area (Å²) in [4.78, 5) is 0. The maximum atomic E-state index is 4.87. The second-order valence-electron chi connectivity index (χ2n) is 5.34. The van der Waals surface area contributed by atoms with Gasteiger partial charge in [-0.3, -0.25) is 0 Å². The van der Waals surface area contributed by atoms with Crippen molar-refractivity contribution in [3.8, 4) is 0 Å².